The third-order valence-electron chi connectivity index (χ3n) is 2.94. The fraction of sp³-hybridized carbons (Fsp3) is 0.188. The summed E-state index contributed by atoms with van der Waals surface area (Å²) in [6.45, 7) is 0.430. The Morgan fingerprint density at radius 1 is 1.00 bits per heavy atom. The summed E-state index contributed by atoms with van der Waals surface area (Å²) in [5, 5.41) is 5.55. The van der Waals surface area contributed by atoms with Crippen molar-refractivity contribution in [3.63, 3.8) is 0 Å². The summed E-state index contributed by atoms with van der Waals surface area (Å²) in [5.74, 6) is 1.52. The number of benzene rings is 2. The molecule has 0 aliphatic heterocycles. The minimum absolute atomic E-state index is 0.261. The van der Waals surface area contributed by atoms with Crippen LogP contribution in [-0.2, 0) is 6.54 Å². The van der Waals surface area contributed by atoms with E-state index in [4.69, 9.17) is 9.47 Å². The van der Waals surface area contributed by atoms with E-state index in [9.17, 15) is 4.79 Å². The van der Waals surface area contributed by atoms with Gasteiger partial charge in [0.2, 0.25) is 0 Å². The fourth-order valence-electron chi connectivity index (χ4n) is 1.81. The molecule has 0 atom stereocenters. The summed E-state index contributed by atoms with van der Waals surface area (Å²) in [6.07, 6.45) is 0. The predicted octanol–water partition coefficient (Wildman–Crippen LogP) is 3.03. The Hall–Kier alpha value is -2.69. The van der Waals surface area contributed by atoms with Crippen LogP contribution in [0.4, 0.5) is 10.5 Å². The highest BCUT2D eigenvalue weighted by atomic mass is 16.5. The van der Waals surface area contributed by atoms with Crippen LogP contribution in [0.5, 0.6) is 11.5 Å². The SMILES string of the molecule is COc1ccc(NC(=O)NCc2cccc(OC)c2)cc1. The number of nitrogens with one attached hydrogen (secondary N) is 2. The van der Waals surface area contributed by atoms with Gasteiger partial charge >= 0.3 is 6.03 Å². The molecule has 2 N–H and O–H groups in total. The Morgan fingerprint density at radius 2 is 1.71 bits per heavy atom. The van der Waals surface area contributed by atoms with Crippen molar-refractivity contribution in [3.8, 4) is 11.5 Å². The first-order valence-corrected chi connectivity index (χ1v) is 6.53. The molecule has 5 nitrogen and oxygen atoms in total. The van der Waals surface area contributed by atoms with Crippen molar-refractivity contribution in [1.29, 1.82) is 0 Å². The van der Waals surface area contributed by atoms with Gasteiger partial charge in [-0.05, 0) is 42.0 Å². The number of carbonyl (C=O) groups excluding carboxylic acids is 1. The molecule has 0 spiro atoms. The second-order valence-electron chi connectivity index (χ2n) is 4.39. The van der Waals surface area contributed by atoms with Crippen LogP contribution in [0.2, 0.25) is 0 Å². The van der Waals surface area contributed by atoms with Crippen LogP contribution in [0.25, 0.3) is 0 Å². The Morgan fingerprint density at radius 3 is 2.38 bits per heavy atom. The van der Waals surface area contributed by atoms with E-state index < -0.39 is 0 Å². The van der Waals surface area contributed by atoms with Gasteiger partial charge in [0.1, 0.15) is 11.5 Å². The van der Waals surface area contributed by atoms with Crippen molar-refractivity contribution in [2.75, 3.05) is 19.5 Å². The van der Waals surface area contributed by atoms with Crippen molar-refractivity contribution in [1.82, 2.24) is 5.32 Å². The minimum Gasteiger partial charge on any atom is -0.497 e. The molecule has 2 aromatic rings. The minimum atomic E-state index is -0.261. The van der Waals surface area contributed by atoms with Crippen molar-refractivity contribution >= 4 is 11.7 Å². The van der Waals surface area contributed by atoms with E-state index >= 15 is 0 Å². The average Bonchev–Trinajstić information content (AvgIpc) is 2.54. The molecule has 0 unspecified atom stereocenters. The summed E-state index contributed by atoms with van der Waals surface area (Å²) in [7, 11) is 3.21. The summed E-state index contributed by atoms with van der Waals surface area (Å²) >= 11 is 0. The predicted molar refractivity (Wildman–Crippen MR) is 81.8 cm³/mol. The smallest absolute Gasteiger partial charge is 0.319 e. The van der Waals surface area contributed by atoms with Crippen molar-refractivity contribution in [2.45, 2.75) is 6.54 Å². The standard InChI is InChI=1S/C16H18N2O3/c1-20-14-8-6-13(7-9-14)18-16(19)17-11-12-4-3-5-15(10-12)21-2/h3-10H,11H2,1-2H3,(H2,17,18,19). The molecule has 0 aromatic heterocycles. The molecule has 21 heavy (non-hydrogen) atoms. The van der Waals surface area contributed by atoms with E-state index in [0.717, 1.165) is 17.1 Å². The first-order chi connectivity index (χ1) is 10.2. The van der Waals surface area contributed by atoms with E-state index in [1.165, 1.54) is 0 Å². The maximum absolute atomic E-state index is 11.8. The number of amides is 2. The van der Waals surface area contributed by atoms with Gasteiger partial charge in [0.05, 0.1) is 14.2 Å². The van der Waals surface area contributed by atoms with E-state index in [-0.39, 0.29) is 6.03 Å². The lowest BCUT2D eigenvalue weighted by Gasteiger charge is -2.09. The van der Waals surface area contributed by atoms with Gasteiger partial charge in [0.15, 0.2) is 0 Å². The van der Waals surface area contributed by atoms with Gasteiger partial charge in [-0.25, -0.2) is 4.79 Å². The van der Waals surface area contributed by atoms with Crippen LogP contribution < -0.4 is 20.1 Å². The molecule has 0 bridgehead atoms. The highest BCUT2D eigenvalue weighted by molar-refractivity contribution is 5.89. The number of rotatable bonds is 5. The topological polar surface area (TPSA) is 59.6 Å². The largest absolute Gasteiger partial charge is 0.497 e. The number of urea groups is 1. The summed E-state index contributed by atoms with van der Waals surface area (Å²) in [4.78, 5) is 11.8. The van der Waals surface area contributed by atoms with Crippen molar-refractivity contribution in [2.24, 2.45) is 0 Å². The molecule has 5 heteroatoms. The van der Waals surface area contributed by atoms with Gasteiger partial charge in [0, 0.05) is 12.2 Å². The Balaban J connectivity index is 1.86. The van der Waals surface area contributed by atoms with E-state index in [0.29, 0.717) is 12.2 Å². The molecule has 0 aliphatic carbocycles. The number of hydrogen-bond donors (Lipinski definition) is 2. The lowest BCUT2D eigenvalue weighted by molar-refractivity contribution is 0.251. The first kappa shape index (κ1) is 14.7. The molecule has 0 saturated heterocycles. The molecule has 0 fully saturated rings. The van der Waals surface area contributed by atoms with Crippen LogP contribution in [0.3, 0.4) is 0 Å². The number of anilines is 1. The van der Waals surface area contributed by atoms with Crippen LogP contribution in [0, 0.1) is 0 Å². The zero-order valence-corrected chi connectivity index (χ0v) is 12.1. The molecule has 2 rings (SSSR count). The normalized spacial score (nSPS) is 9.81. The highest BCUT2D eigenvalue weighted by Crippen LogP contribution is 2.15. The molecule has 0 aliphatic rings. The maximum Gasteiger partial charge on any atom is 0.319 e. The lowest BCUT2D eigenvalue weighted by atomic mass is 10.2. The zero-order chi connectivity index (χ0) is 15.1. The Labute approximate surface area is 123 Å². The molecular formula is C16H18N2O3. The second-order valence-corrected chi connectivity index (χ2v) is 4.39. The number of ether oxygens (including phenoxy) is 2. The van der Waals surface area contributed by atoms with Crippen molar-refractivity contribution in [3.05, 3.63) is 54.1 Å². The Bertz CT molecular complexity index is 597. The van der Waals surface area contributed by atoms with Gasteiger partial charge in [-0.1, -0.05) is 12.1 Å². The van der Waals surface area contributed by atoms with E-state index in [1.54, 1.807) is 38.5 Å². The van der Waals surface area contributed by atoms with E-state index in [1.807, 2.05) is 24.3 Å². The van der Waals surface area contributed by atoms with Crippen LogP contribution >= 0.6 is 0 Å². The van der Waals surface area contributed by atoms with E-state index in [2.05, 4.69) is 10.6 Å². The van der Waals surface area contributed by atoms with Crippen LogP contribution in [0.1, 0.15) is 5.56 Å². The number of methoxy groups -OCH3 is 2. The van der Waals surface area contributed by atoms with Crippen LogP contribution in [-0.4, -0.2) is 20.3 Å². The molecule has 0 saturated carbocycles. The van der Waals surface area contributed by atoms with Gasteiger partial charge < -0.3 is 20.1 Å². The fourth-order valence-corrected chi connectivity index (χ4v) is 1.81. The van der Waals surface area contributed by atoms with Gasteiger partial charge in [0.25, 0.3) is 0 Å². The van der Waals surface area contributed by atoms with Gasteiger partial charge in [-0.15, -0.1) is 0 Å². The summed E-state index contributed by atoms with van der Waals surface area (Å²) < 4.78 is 10.2. The number of hydrogen-bond acceptors (Lipinski definition) is 3. The number of carbonyl (C=O) groups is 1. The molecule has 2 amide bonds. The molecule has 110 valence electrons. The maximum atomic E-state index is 11.8. The quantitative estimate of drug-likeness (QED) is 0.888. The molecular weight excluding hydrogens is 268 g/mol. The first-order valence-electron chi connectivity index (χ1n) is 6.53. The summed E-state index contributed by atoms with van der Waals surface area (Å²) in [5.41, 5.74) is 1.68. The zero-order valence-electron chi connectivity index (χ0n) is 12.1. The molecule has 0 radical (unpaired) electrons. The van der Waals surface area contributed by atoms with Gasteiger partial charge in [-0.3, -0.25) is 0 Å². The molecule has 0 heterocycles. The monoisotopic (exact) mass is 286 g/mol. The second kappa shape index (κ2) is 7.19. The third-order valence-corrected chi connectivity index (χ3v) is 2.94. The van der Waals surface area contributed by atoms with Gasteiger partial charge in [-0.2, -0.15) is 0 Å². The molecule has 2 aromatic carbocycles. The average molecular weight is 286 g/mol. The van der Waals surface area contributed by atoms with Crippen LogP contribution in [0.15, 0.2) is 48.5 Å². The lowest BCUT2D eigenvalue weighted by Crippen LogP contribution is -2.28. The highest BCUT2D eigenvalue weighted by Gasteiger charge is 2.02. The Kier molecular flexibility index (Phi) is 5.04. The summed E-state index contributed by atoms with van der Waals surface area (Å²) in [6, 6.07) is 14.4. The third kappa shape index (κ3) is 4.42. The van der Waals surface area contributed by atoms with Crippen molar-refractivity contribution < 1.29 is 14.3 Å².